The summed E-state index contributed by atoms with van der Waals surface area (Å²) in [6.07, 6.45) is 1.82. The fraction of sp³-hybridized carbons (Fsp3) is 0.143. The van der Waals surface area contributed by atoms with Crippen molar-refractivity contribution < 1.29 is 18.7 Å². The summed E-state index contributed by atoms with van der Waals surface area (Å²) < 4.78 is 11.1. The van der Waals surface area contributed by atoms with E-state index in [1.165, 1.54) is 0 Å². The zero-order valence-electron chi connectivity index (χ0n) is 10.00. The minimum absolute atomic E-state index is 0.0000830. The molecule has 0 atom stereocenters. The first-order chi connectivity index (χ1) is 9.22. The van der Waals surface area contributed by atoms with E-state index >= 15 is 0 Å². The maximum absolute atomic E-state index is 10.5. The van der Waals surface area contributed by atoms with Crippen LogP contribution in [-0.2, 0) is 11.2 Å². The molecule has 19 heavy (non-hydrogen) atoms. The van der Waals surface area contributed by atoms with Gasteiger partial charge in [0.25, 0.3) is 0 Å². The zero-order valence-corrected chi connectivity index (χ0v) is 10.00. The molecule has 5 heteroatoms. The number of para-hydroxylation sites is 1. The highest BCUT2D eigenvalue weighted by molar-refractivity contribution is 5.81. The van der Waals surface area contributed by atoms with Crippen LogP contribution in [0.3, 0.4) is 0 Å². The highest BCUT2D eigenvalue weighted by Crippen LogP contribution is 2.28. The standard InChI is InChI=1S/C14H11NO4/c16-14(17)6-5-13-15-8-12(19-13)11-7-9-3-1-2-4-10(9)18-11/h1-4,7-8H,5-6H2,(H,16,17). The third kappa shape index (κ3) is 2.35. The van der Waals surface area contributed by atoms with E-state index in [9.17, 15) is 4.79 Å². The Morgan fingerprint density at radius 1 is 1.21 bits per heavy atom. The molecule has 96 valence electrons. The Kier molecular flexibility index (Phi) is 2.79. The zero-order chi connectivity index (χ0) is 13.2. The molecule has 0 aliphatic rings. The quantitative estimate of drug-likeness (QED) is 0.777. The Hall–Kier alpha value is -2.56. The number of aromatic nitrogens is 1. The van der Waals surface area contributed by atoms with Crippen LogP contribution in [0.25, 0.3) is 22.5 Å². The minimum Gasteiger partial charge on any atom is -0.481 e. The highest BCUT2D eigenvalue weighted by Gasteiger charge is 2.12. The van der Waals surface area contributed by atoms with E-state index in [-0.39, 0.29) is 12.8 Å². The molecule has 2 aromatic heterocycles. The second kappa shape index (κ2) is 4.61. The van der Waals surface area contributed by atoms with Crippen molar-refractivity contribution in [2.24, 2.45) is 0 Å². The van der Waals surface area contributed by atoms with Crippen LogP contribution >= 0.6 is 0 Å². The second-order valence-corrected chi connectivity index (χ2v) is 4.16. The molecular weight excluding hydrogens is 246 g/mol. The third-order valence-corrected chi connectivity index (χ3v) is 2.77. The number of rotatable bonds is 4. The van der Waals surface area contributed by atoms with E-state index in [1.807, 2.05) is 30.3 Å². The van der Waals surface area contributed by atoms with Crippen molar-refractivity contribution in [1.82, 2.24) is 4.98 Å². The molecule has 0 fully saturated rings. The number of carboxylic acids is 1. The van der Waals surface area contributed by atoms with Crippen LogP contribution in [0.2, 0.25) is 0 Å². The fourth-order valence-electron chi connectivity index (χ4n) is 1.86. The van der Waals surface area contributed by atoms with E-state index in [2.05, 4.69) is 4.98 Å². The Labute approximate surface area is 108 Å². The number of oxazole rings is 1. The molecule has 0 bridgehead atoms. The van der Waals surface area contributed by atoms with Gasteiger partial charge in [-0.25, -0.2) is 4.98 Å². The molecule has 0 saturated carbocycles. The Bertz CT molecular complexity index is 693. The molecule has 0 spiro atoms. The molecule has 0 aliphatic carbocycles. The monoisotopic (exact) mass is 257 g/mol. The van der Waals surface area contributed by atoms with Gasteiger partial charge in [0.1, 0.15) is 5.58 Å². The maximum atomic E-state index is 10.5. The molecule has 3 aromatic rings. The van der Waals surface area contributed by atoms with Crippen molar-refractivity contribution in [3.05, 3.63) is 42.4 Å². The first kappa shape index (κ1) is 11.5. The van der Waals surface area contributed by atoms with Crippen molar-refractivity contribution in [3.63, 3.8) is 0 Å². The van der Waals surface area contributed by atoms with Crippen molar-refractivity contribution in [3.8, 4) is 11.5 Å². The number of benzene rings is 1. The molecule has 0 aliphatic heterocycles. The van der Waals surface area contributed by atoms with Crippen molar-refractivity contribution in [2.75, 3.05) is 0 Å². The summed E-state index contributed by atoms with van der Waals surface area (Å²) in [5, 5.41) is 9.59. The average molecular weight is 257 g/mol. The number of nitrogens with zero attached hydrogens (tertiary/aromatic N) is 1. The summed E-state index contributed by atoms with van der Waals surface area (Å²) in [6, 6.07) is 9.52. The number of hydrogen-bond donors (Lipinski definition) is 1. The van der Waals surface area contributed by atoms with Crippen molar-refractivity contribution in [1.29, 1.82) is 0 Å². The molecule has 1 aromatic carbocycles. The van der Waals surface area contributed by atoms with Gasteiger partial charge < -0.3 is 13.9 Å². The molecular formula is C14H11NO4. The molecule has 0 unspecified atom stereocenters. The predicted octanol–water partition coefficient (Wildman–Crippen LogP) is 3.11. The van der Waals surface area contributed by atoms with Crippen LogP contribution in [0.15, 0.2) is 45.4 Å². The fourth-order valence-corrected chi connectivity index (χ4v) is 1.86. The van der Waals surface area contributed by atoms with Gasteiger partial charge in [0.05, 0.1) is 12.6 Å². The second-order valence-electron chi connectivity index (χ2n) is 4.16. The molecule has 1 N–H and O–H groups in total. The summed E-state index contributed by atoms with van der Waals surface area (Å²) in [5.41, 5.74) is 0.779. The molecule has 0 amide bonds. The number of aryl methyl sites for hydroxylation is 1. The van der Waals surface area contributed by atoms with Gasteiger partial charge in [0.15, 0.2) is 17.4 Å². The van der Waals surface area contributed by atoms with Crippen molar-refractivity contribution >= 4 is 16.9 Å². The van der Waals surface area contributed by atoms with Crippen LogP contribution in [0, 0.1) is 0 Å². The topological polar surface area (TPSA) is 76.5 Å². The number of furan rings is 1. The lowest BCUT2D eigenvalue weighted by atomic mass is 10.2. The number of carboxylic acid groups (broad SMARTS) is 1. The first-order valence-corrected chi connectivity index (χ1v) is 5.88. The molecule has 0 saturated heterocycles. The van der Waals surface area contributed by atoms with Crippen molar-refractivity contribution in [2.45, 2.75) is 12.8 Å². The van der Waals surface area contributed by atoms with Crippen LogP contribution in [0.1, 0.15) is 12.3 Å². The smallest absolute Gasteiger partial charge is 0.303 e. The van der Waals surface area contributed by atoms with E-state index in [0.717, 1.165) is 11.0 Å². The van der Waals surface area contributed by atoms with Gasteiger partial charge in [-0.05, 0) is 12.1 Å². The molecule has 5 nitrogen and oxygen atoms in total. The molecule has 2 heterocycles. The third-order valence-electron chi connectivity index (χ3n) is 2.77. The number of hydrogen-bond acceptors (Lipinski definition) is 4. The van der Waals surface area contributed by atoms with Gasteiger partial charge in [0, 0.05) is 11.8 Å². The van der Waals surface area contributed by atoms with Gasteiger partial charge in [-0.2, -0.15) is 0 Å². The average Bonchev–Trinajstić information content (AvgIpc) is 3.02. The normalized spacial score (nSPS) is 10.9. The Morgan fingerprint density at radius 2 is 2.05 bits per heavy atom. The SMILES string of the molecule is O=C(O)CCc1ncc(-c2cc3ccccc3o2)o1. The van der Waals surface area contributed by atoms with E-state index < -0.39 is 5.97 Å². The van der Waals surface area contributed by atoms with Gasteiger partial charge in [0.2, 0.25) is 0 Å². The Balaban J connectivity index is 1.87. The number of fused-ring (bicyclic) bond motifs is 1. The summed E-state index contributed by atoms with van der Waals surface area (Å²) in [7, 11) is 0. The summed E-state index contributed by atoms with van der Waals surface area (Å²) in [6.45, 7) is 0. The lowest BCUT2D eigenvalue weighted by Crippen LogP contribution is -1.97. The van der Waals surface area contributed by atoms with Gasteiger partial charge in [-0.15, -0.1) is 0 Å². The van der Waals surface area contributed by atoms with Crippen LogP contribution < -0.4 is 0 Å². The summed E-state index contributed by atoms with van der Waals surface area (Å²) >= 11 is 0. The predicted molar refractivity (Wildman–Crippen MR) is 67.7 cm³/mol. The van der Waals surface area contributed by atoms with Gasteiger partial charge >= 0.3 is 5.97 Å². The number of carbonyl (C=O) groups is 1. The van der Waals surface area contributed by atoms with Crippen LogP contribution in [-0.4, -0.2) is 16.1 Å². The summed E-state index contributed by atoms with van der Waals surface area (Å²) in [4.78, 5) is 14.5. The first-order valence-electron chi connectivity index (χ1n) is 5.88. The Morgan fingerprint density at radius 3 is 2.84 bits per heavy atom. The van der Waals surface area contributed by atoms with Gasteiger partial charge in [-0.1, -0.05) is 18.2 Å². The lowest BCUT2D eigenvalue weighted by Gasteiger charge is -1.91. The largest absolute Gasteiger partial charge is 0.481 e. The van der Waals surface area contributed by atoms with Gasteiger partial charge in [-0.3, -0.25) is 4.79 Å². The van der Waals surface area contributed by atoms with E-state index in [0.29, 0.717) is 17.4 Å². The summed E-state index contributed by atoms with van der Waals surface area (Å²) in [5.74, 6) is 0.633. The molecule has 0 radical (unpaired) electrons. The van der Waals surface area contributed by atoms with Crippen LogP contribution in [0.4, 0.5) is 0 Å². The minimum atomic E-state index is -0.872. The van der Waals surface area contributed by atoms with Crippen LogP contribution in [0.5, 0.6) is 0 Å². The van der Waals surface area contributed by atoms with E-state index in [4.69, 9.17) is 13.9 Å². The maximum Gasteiger partial charge on any atom is 0.303 e. The highest BCUT2D eigenvalue weighted by atomic mass is 16.4. The lowest BCUT2D eigenvalue weighted by molar-refractivity contribution is -0.137. The number of aliphatic carboxylic acids is 1. The van der Waals surface area contributed by atoms with E-state index in [1.54, 1.807) is 6.20 Å². The molecule has 3 rings (SSSR count).